The molecule has 9 nitrogen and oxygen atoms in total. The summed E-state index contributed by atoms with van der Waals surface area (Å²) in [6.07, 6.45) is -1.78. The number of rotatable bonds is 18. The molecule has 0 saturated carbocycles. The van der Waals surface area contributed by atoms with Gasteiger partial charge in [0.1, 0.15) is 18.3 Å². The molecule has 0 aromatic heterocycles. The third kappa shape index (κ3) is 9.40. The first kappa shape index (κ1) is 33.6. The van der Waals surface area contributed by atoms with E-state index in [1.807, 2.05) is 6.07 Å². The summed E-state index contributed by atoms with van der Waals surface area (Å²) in [6, 6.07) is 7.26. The highest BCUT2D eigenvalue weighted by Crippen LogP contribution is 2.36. The molecule has 1 amide bonds. The summed E-state index contributed by atoms with van der Waals surface area (Å²) in [5.41, 5.74) is 0. The molecule has 2 N–H and O–H groups in total. The number of hydrogen-bond donors (Lipinski definition) is 2. The fourth-order valence-corrected chi connectivity index (χ4v) is 11.1. The van der Waals surface area contributed by atoms with Crippen LogP contribution >= 0.6 is 9.03 Å². The zero-order chi connectivity index (χ0) is 27.2. The molecule has 1 saturated heterocycles. The number of amides is 1. The van der Waals surface area contributed by atoms with E-state index in [9.17, 15) is 9.90 Å². The lowest BCUT2D eigenvalue weighted by atomic mass is 9.93. The molecule has 210 valence electrons. The molecule has 1 aliphatic heterocycles. The number of aliphatic hydroxyl groups is 1. The van der Waals surface area contributed by atoms with Crippen molar-refractivity contribution in [3.63, 3.8) is 0 Å². The molecule has 12 heteroatoms. The zero-order valence-electron chi connectivity index (χ0n) is 23.3. The molecule has 0 aromatic rings. The van der Waals surface area contributed by atoms with Gasteiger partial charge in [-0.25, -0.2) is 0 Å². The molecule has 0 spiro atoms. The monoisotopic (exact) mass is 564 g/mol. The number of hydrogen-bond acceptors (Lipinski definition) is 8. The number of nitrogens with one attached hydrogen (secondary N) is 1. The molecule has 0 bridgehead atoms. The second-order valence-corrected chi connectivity index (χ2v) is 19.6. The Balaban J connectivity index is 3.39. The molecule has 3 unspecified atom stereocenters. The highest BCUT2D eigenvalue weighted by atomic mass is 31.1. The van der Waals surface area contributed by atoms with Crippen LogP contribution in [0.2, 0.25) is 36.3 Å². The summed E-state index contributed by atoms with van der Waals surface area (Å²) in [5, 5.41) is 22.2. The van der Waals surface area contributed by atoms with E-state index < -0.39 is 47.1 Å². The van der Waals surface area contributed by atoms with Gasteiger partial charge in [-0.15, -0.1) is 0 Å². The van der Waals surface area contributed by atoms with Gasteiger partial charge < -0.3 is 33.1 Å². The maximum absolute atomic E-state index is 12.4. The van der Waals surface area contributed by atoms with Crippen LogP contribution in [0.4, 0.5) is 0 Å². The average molecular weight is 565 g/mol. The van der Waals surface area contributed by atoms with Crippen LogP contribution in [-0.4, -0.2) is 77.9 Å². The van der Waals surface area contributed by atoms with Gasteiger partial charge in [0, 0.05) is 6.92 Å². The predicted molar refractivity (Wildman–Crippen MR) is 148 cm³/mol. The van der Waals surface area contributed by atoms with Crippen molar-refractivity contribution in [2.75, 3.05) is 19.8 Å². The van der Waals surface area contributed by atoms with Gasteiger partial charge in [-0.3, -0.25) is 4.79 Å². The van der Waals surface area contributed by atoms with Crippen LogP contribution in [0, 0.1) is 11.3 Å². The SMILES string of the molecule is CC[Si](CC)(CC)O[C@H]1[C@H](O[Si](CC)(CC)CC)C(NC(C)=O)C(COPOCCC#N)O[C@@H]1CO. The highest BCUT2D eigenvalue weighted by molar-refractivity contribution is 7.26. The average Bonchev–Trinajstić information content (AvgIpc) is 2.89. The van der Waals surface area contributed by atoms with Crippen LogP contribution in [0.3, 0.4) is 0 Å². The number of nitrogens with zero attached hydrogens (tertiary/aromatic N) is 1. The molecule has 1 aliphatic rings. The first-order chi connectivity index (χ1) is 17.2. The maximum atomic E-state index is 12.4. The maximum Gasteiger partial charge on any atom is 0.217 e. The van der Waals surface area contributed by atoms with Crippen molar-refractivity contribution in [1.82, 2.24) is 5.32 Å². The van der Waals surface area contributed by atoms with E-state index in [4.69, 9.17) is 27.9 Å². The predicted octanol–water partition coefficient (Wildman–Crippen LogP) is 4.49. The zero-order valence-corrected chi connectivity index (χ0v) is 26.3. The smallest absolute Gasteiger partial charge is 0.217 e. The standard InChI is InChI=1S/C24H49N2O7PSi2/c1-8-35(9-2,10-3)32-23-20(17-27)31-21(18-30-34-29-16-14-15-25)22(26-19(7)28)24(23)33-36(11-4,12-5)13-6/h20-24,27,34H,8-14,16-18H2,1-7H3,(H,26,28)/t20-,21?,22?,23-,24-/m1/s1. The first-order valence-corrected chi connectivity index (χ1v) is 19.4. The Morgan fingerprint density at radius 3 is 1.92 bits per heavy atom. The Bertz CT molecular complexity index is 661. The molecule has 1 fully saturated rings. The van der Waals surface area contributed by atoms with Gasteiger partial charge in [-0.1, -0.05) is 41.5 Å². The molecule has 0 aliphatic carbocycles. The molecule has 6 atom stereocenters. The van der Waals surface area contributed by atoms with Crippen molar-refractivity contribution in [2.45, 2.75) is 122 Å². The van der Waals surface area contributed by atoms with Gasteiger partial charge in [0.15, 0.2) is 25.7 Å². The molecule has 36 heavy (non-hydrogen) atoms. The van der Waals surface area contributed by atoms with Crippen LogP contribution in [0.25, 0.3) is 0 Å². The highest BCUT2D eigenvalue weighted by Gasteiger charge is 2.52. The van der Waals surface area contributed by atoms with Crippen molar-refractivity contribution >= 4 is 31.6 Å². The largest absolute Gasteiger partial charge is 0.409 e. The van der Waals surface area contributed by atoms with Crippen LogP contribution in [0.1, 0.15) is 54.9 Å². The number of ether oxygens (including phenoxy) is 1. The molecular formula is C24H49N2O7PSi2. The van der Waals surface area contributed by atoms with E-state index in [-0.39, 0.29) is 28.2 Å². The van der Waals surface area contributed by atoms with Gasteiger partial charge in [-0.05, 0) is 36.3 Å². The van der Waals surface area contributed by atoms with Gasteiger partial charge in [0.2, 0.25) is 5.91 Å². The van der Waals surface area contributed by atoms with Gasteiger partial charge in [-0.2, -0.15) is 5.26 Å². The van der Waals surface area contributed by atoms with E-state index in [1.165, 1.54) is 6.92 Å². The second kappa shape index (κ2) is 17.2. The molecule has 1 rings (SSSR count). The van der Waals surface area contributed by atoms with Crippen LogP contribution in [0.15, 0.2) is 0 Å². The van der Waals surface area contributed by atoms with E-state index in [0.717, 1.165) is 36.3 Å². The van der Waals surface area contributed by atoms with Crippen molar-refractivity contribution in [2.24, 2.45) is 0 Å². The molecule has 1 heterocycles. The first-order valence-electron chi connectivity index (χ1n) is 13.5. The Hall–Kier alpha value is -0.416. The fourth-order valence-electron chi connectivity index (χ4n) is 4.87. The van der Waals surface area contributed by atoms with E-state index >= 15 is 0 Å². The Morgan fingerprint density at radius 1 is 0.944 bits per heavy atom. The van der Waals surface area contributed by atoms with Crippen molar-refractivity contribution in [3.8, 4) is 6.07 Å². The minimum Gasteiger partial charge on any atom is -0.409 e. The Morgan fingerprint density at radius 2 is 1.47 bits per heavy atom. The normalized spacial score (nSPS) is 25.2. The lowest BCUT2D eigenvalue weighted by Crippen LogP contribution is -2.69. The van der Waals surface area contributed by atoms with Gasteiger partial charge >= 0.3 is 0 Å². The number of carbonyl (C=O) groups is 1. The second-order valence-electron chi connectivity index (χ2n) is 9.43. The lowest BCUT2D eigenvalue weighted by molar-refractivity contribution is -0.192. The summed E-state index contributed by atoms with van der Waals surface area (Å²) >= 11 is 0. The molecule has 0 aromatic carbocycles. The van der Waals surface area contributed by atoms with E-state index in [0.29, 0.717) is 13.0 Å². The van der Waals surface area contributed by atoms with Crippen molar-refractivity contribution in [3.05, 3.63) is 0 Å². The summed E-state index contributed by atoms with van der Waals surface area (Å²) in [4.78, 5) is 12.4. The van der Waals surface area contributed by atoms with Crippen LogP contribution < -0.4 is 5.32 Å². The van der Waals surface area contributed by atoms with Crippen LogP contribution in [-0.2, 0) is 27.4 Å². The summed E-state index contributed by atoms with van der Waals surface area (Å²) in [5.74, 6) is -0.183. The number of aliphatic hydroxyl groups excluding tert-OH is 1. The Labute approximate surface area is 222 Å². The van der Waals surface area contributed by atoms with E-state index in [1.54, 1.807) is 0 Å². The summed E-state index contributed by atoms with van der Waals surface area (Å²) in [7, 11) is -4.46. The molecule has 0 radical (unpaired) electrons. The van der Waals surface area contributed by atoms with Gasteiger partial charge in [0.25, 0.3) is 0 Å². The molecular weight excluding hydrogens is 515 g/mol. The summed E-state index contributed by atoms with van der Waals surface area (Å²) in [6.45, 7) is 14.8. The summed E-state index contributed by atoms with van der Waals surface area (Å²) < 4.78 is 31.5. The minimum atomic E-state index is -2.12. The van der Waals surface area contributed by atoms with Crippen LogP contribution in [0.5, 0.6) is 0 Å². The van der Waals surface area contributed by atoms with Gasteiger partial charge in [0.05, 0.1) is 44.5 Å². The topological polar surface area (TPSA) is 119 Å². The lowest BCUT2D eigenvalue weighted by Gasteiger charge is -2.51. The van der Waals surface area contributed by atoms with Crippen molar-refractivity contribution in [1.29, 1.82) is 5.26 Å². The third-order valence-corrected chi connectivity index (χ3v) is 17.5. The quantitative estimate of drug-likeness (QED) is 0.142. The number of carbonyl (C=O) groups excluding carboxylic acids is 1. The number of nitriles is 1. The third-order valence-electron chi connectivity index (χ3n) is 7.66. The Kier molecular flexibility index (Phi) is 16.1. The van der Waals surface area contributed by atoms with E-state index in [2.05, 4.69) is 46.9 Å². The minimum absolute atomic E-state index is 0.163. The fraction of sp³-hybridized carbons (Fsp3) is 0.917. The van der Waals surface area contributed by atoms with Crippen molar-refractivity contribution < 1.29 is 32.5 Å².